The molecule has 0 atom stereocenters. The van der Waals surface area contributed by atoms with Gasteiger partial charge in [0.15, 0.2) is 0 Å². The molecule has 0 aliphatic heterocycles. The van der Waals surface area contributed by atoms with Crippen LogP contribution in [0.1, 0.15) is 12.0 Å². The monoisotopic (exact) mass is 240 g/mol. The Hall–Kier alpha value is -1.17. The first-order valence-corrected chi connectivity index (χ1v) is 5.71. The van der Waals surface area contributed by atoms with Crippen LogP contribution in [0, 0.1) is 0 Å². The average Bonchev–Trinajstić information content (AvgIpc) is 2.38. The highest BCUT2D eigenvalue weighted by Gasteiger charge is 2.00. The van der Waals surface area contributed by atoms with Gasteiger partial charge in [0.2, 0.25) is 0 Å². The number of aromatic nitrogens is 1. The number of methoxy groups -OCH3 is 1. The van der Waals surface area contributed by atoms with Crippen molar-refractivity contribution in [3.8, 4) is 5.75 Å². The Kier molecular flexibility index (Phi) is 7.29. The molecular weight excluding hydrogens is 220 g/mol. The van der Waals surface area contributed by atoms with E-state index in [1.54, 1.807) is 19.5 Å². The van der Waals surface area contributed by atoms with Crippen molar-refractivity contribution in [2.24, 2.45) is 5.73 Å². The summed E-state index contributed by atoms with van der Waals surface area (Å²) in [5.74, 6) is 0.781. The zero-order valence-corrected chi connectivity index (χ0v) is 10.2. The van der Waals surface area contributed by atoms with Gasteiger partial charge in [-0.25, -0.2) is 0 Å². The molecule has 2 N–H and O–H groups in total. The van der Waals surface area contributed by atoms with E-state index in [0.717, 1.165) is 24.3 Å². The maximum atomic E-state index is 5.57. The van der Waals surface area contributed by atoms with Crippen molar-refractivity contribution >= 4 is 0 Å². The Balaban J connectivity index is 2.13. The highest BCUT2D eigenvalue weighted by Crippen LogP contribution is 2.15. The van der Waals surface area contributed by atoms with Gasteiger partial charge in [0, 0.05) is 44.8 Å². The SMILES string of the molecule is COCCCOCCOc1ccncc1CN. The summed E-state index contributed by atoms with van der Waals surface area (Å²) in [7, 11) is 1.68. The first-order chi connectivity index (χ1) is 8.38. The fourth-order valence-corrected chi connectivity index (χ4v) is 1.33. The highest BCUT2D eigenvalue weighted by atomic mass is 16.5. The molecule has 17 heavy (non-hydrogen) atoms. The van der Waals surface area contributed by atoms with Gasteiger partial charge in [-0.2, -0.15) is 0 Å². The molecule has 0 aliphatic rings. The molecule has 0 fully saturated rings. The second kappa shape index (κ2) is 8.92. The van der Waals surface area contributed by atoms with Crippen molar-refractivity contribution in [3.63, 3.8) is 0 Å². The van der Waals surface area contributed by atoms with E-state index < -0.39 is 0 Å². The van der Waals surface area contributed by atoms with E-state index in [9.17, 15) is 0 Å². The van der Waals surface area contributed by atoms with Gasteiger partial charge < -0.3 is 19.9 Å². The summed E-state index contributed by atoms with van der Waals surface area (Å²) in [6.07, 6.45) is 4.31. The van der Waals surface area contributed by atoms with Gasteiger partial charge in [0.25, 0.3) is 0 Å². The minimum absolute atomic E-state index is 0.428. The van der Waals surface area contributed by atoms with Gasteiger partial charge in [-0.1, -0.05) is 0 Å². The fourth-order valence-electron chi connectivity index (χ4n) is 1.33. The van der Waals surface area contributed by atoms with Gasteiger partial charge >= 0.3 is 0 Å². The Labute approximate surface area is 102 Å². The molecule has 96 valence electrons. The van der Waals surface area contributed by atoms with Crippen LogP contribution in [0.25, 0.3) is 0 Å². The van der Waals surface area contributed by atoms with Gasteiger partial charge in [-0.3, -0.25) is 4.98 Å². The Morgan fingerprint density at radius 1 is 1.24 bits per heavy atom. The standard InChI is InChI=1S/C12H20N2O3/c1-15-5-2-6-16-7-8-17-12-3-4-14-10-11(12)9-13/h3-4,10H,2,5-9,13H2,1H3. The number of hydrogen-bond donors (Lipinski definition) is 1. The first kappa shape index (κ1) is 13.9. The molecule has 0 unspecified atom stereocenters. The summed E-state index contributed by atoms with van der Waals surface area (Å²) in [6, 6.07) is 1.81. The fraction of sp³-hybridized carbons (Fsp3) is 0.583. The largest absolute Gasteiger partial charge is 0.491 e. The molecule has 5 nitrogen and oxygen atoms in total. The number of rotatable bonds is 9. The van der Waals surface area contributed by atoms with Crippen LogP contribution >= 0.6 is 0 Å². The number of pyridine rings is 1. The Morgan fingerprint density at radius 2 is 2.12 bits per heavy atom. The maximum Gasteiger partial charge on any atom is 0.126 e. The summed E-state index contributed by atoms with van der Waals surface area (Å²) in [6.45, 7) is 2.93. The molecular formula is C12H20N2O3. The Morgan fingerprint density at radius 3 is 2.88 bits per heavy atom. The minimum atomic E-state index is 0.428. The molecule has 1 aromatic rings. The van der Waals surface area contributed by atoms with Crippen LogP contribution in [0.4, 0.5) is 0 Å². The van der Waals surface area contributed by atoms with Crippen LogP contribution in [0.5, 0.6) is 5.75 Å². The predicted octanol–water partition coefficient (Wildman–Crippen LogP) is 0.972. The lowest BCUT2D eigenvalue weighted by molar-refractivity contribution is 0.0804. The van der Waals surface area contributed by atoms with E-state index in [-0.39, 0.29) is 0 Å². The number of nitrogens with two attached hydrogens (primary N) is 1. The molecule has 0 spiro atoms. The quantitative estimate of drug-likeness (QED) is 0.651. The summed E-state index contributed by atoms with van der Waals surface area (Å²) < 4.78 is 15.9. The lowest BCUT2D eigenvalue weighted by atomic mass is 10.2. The average molecular weight is 240 g/mol. The van der Waals surface area contributed by atoms with Crippen LogP contribution in [-0.4, -0.2) is 38.5 Å². The van der Waals surface area contributed by atoms with Crippen molar-refractivity contribution in [3.05, 3.63) is 24.0 Å². The highest BCUT2D eigenvalue weighted by molar-refractivity contribution is 5.29. The topological polar surface area (TPSA) is 66.6 Å². The van der Waals surface area contributed by atoms with Crippen molar-refractivity contribution < 1.29 is 14.2 Å². The number of hydrogen-bond acceptors (Lipinski definition) is 5. The van der Waals surface area contributed by atoms with Crippen LogP contribution in [0.15, 0.2) is 18.5 Å². The van der Waals surface area contributed by atoms with E-state index in [2.05, 4.69) is 4.98 Å². The van der Waals surface area contributed by atoms with E-state index in [1.165, 1.54) is 0 Å². The maximum absolute atomic E-state index is 5.57. The summed E-state index contributed by atoms with van der Waals surface area (Å²) in [5.41, 5.74) is 6.48. The van der Waals surface area contributed by atoms with Crippen molar-refractivity contribution in [2.75, 3.05) is 33.5 Å². The minimum Gasteiger partial charge on any atom is -0.491 e. The third-order valence-electron chi connectivity index (χ3n) is 2.20. The smallest absolute Gasteiger partial charge is 0.126 e. The molecule has 0 bridgehead atoms. The summed E-state index contributed by atoms with van der Waals surface area (Å²) in [5, 5.41) is 0. The second-order valence-corrected chi connectivity index (χ2v) is 3.49. The van der Waals surface area contributed by atoms with Crippen molar-refractivity contribution in [1.82, 2.24) is 4.98 Å². The van der Waals surface area contributed by atoms with Crippen molar-refractivity contribution in [2.45, 2.75) is 13.0 Å². The summed E-state index contributed by atoms with van der Waals surface area (Å²) in [4.78, 5) is 3.99. The zero-order valence-electron chi connectivity index (χ0n) is 10.2. The molecule has 1 aromatic heterocycles. The molecule has 0 aliphatic carbocycles. The third kappa shape index (κ3) is 5.63. The normalized spacial score (nSPS) is 10.5. The van der Waals surface area contributed by atoms with Gasteiger partial charge in [-0.05, 0) is 12.5 Å². The number of ether oxygens (including phenoxy) is 3. The van der Waals surface area contributed by atoms with Gasteiger partial charge in [-0.15, -0.1) is 0 Å². The lowest BCUT2D eigenvalue weighted by Gasteiger charge is -2.09. The molecule has 0 radical (unpaired) electrons. The molecule has 0 amide bonds. The predicted molar refractivity (Wildman–Crippen MR) is 64.9 cm³/mol. The van der Waals surface area contributed by atoms with Gasteiger partial charge in [0.05, 0.1) is 6.61 Å². The van der Waals surface area contributed by atoms with E-state index in [4.69, 9.17) is 19.9 Å². The van der Waals surface area contributed by atoms with E-state index in [0.29, 0.717) is 26.4 Å². The van der Waals surface area contributed by atoms with Crippen LogP contribution in [0.3, 0.4) is 0 Å². The lowest BCUT2D eigenvalue weighted by Crippen LogP contribution is -2.10. The first-order valence-electron chi connectivity index (χ1n) is 5.71. The summed E-state index contributed by atoms with van der Waals surface area (Å²) >= 11 is 0. The zero-order chi connectivity index (χ0) is 12.3. The van der Waals surface area contributed by atoms with Gasteiger partial charge in [0.1, 0.15) is 12.4 Å². The molecule has 0 saturated heterocycles. The number of nitrogens with zero attached hydrogens (tertiary/aromatic N) is 1. The second-order valence-electron chi connectivity index (χ2n) is 3.49. The van der Waals surface area contributed by atoms with Crippen molar-refractivity contribution in [1.29, 1.82) is 0 Å². The van der Waals surface area contributed by atoms with E-state index >= 15 is 0 Å². The third-order valence-corrected chi connectivity index (χ3v) is 2.20. The molecule has 1 rings (SSSR count). The van der Waals surface area contributed by atoms with E-state index in [1.807, 2.05) is 6.07 Å². The molecule has 1 heterocycles. The molecule has 5 heteroatoms. The molecule has 0 aromatic carbocycles. The van der Waals surface area contributed by atoms with Crippen LogP contribution < -0.4 is 10.5 Å². The van der Waals surface area contributed by atoms with Crippen LogP contribution in [-0.2, 0) is 16.0 Å². The molecule has 0 saturated carbocycles. The van der Waals surface area contributed by atoms with Crippen LogP contribution in [0.2, 0.25) is 0 Å². The Bertz CT molecular complexity index is 308.